The molecule has 0 bridgehead atoms. The SMILES string of the molecule is CCOc1ccc(S(=O)(=O)N2CC(CO)C2)cc1. The molecule has 0 radical (unpaired) electrons. The summed E-state index contributed by atoms with van der Waals surface area (Å²) in [6.07, 6.45) is 0. The largest absolute Gasteiger partial charge is 0.494 e. The number of hydrogen-bond acceptors (Lipinski definition) is 4. The van der Waals surface area contributed by atoms with Gasteiger partial charge in [0, 0.05) is 25.6 Å². The summed E-state index contributed by atoms with van der Waals surface area (Å²) in [5.41, 5.74) is 0. The number of sulfonamides is 1. The number of benzene rings is 1. The number of nitrogens with zero attached hydrogens (tertiary/aromatic N) is 1. The molecule has 5 nitrogen and oxygen atoms in total. The first-order valence-corrected chi connectivity index (χ1v) is 7.35. The molecule has 0 aromatic heterocycles. The molecule has 2 rings (SSSR count). The molecule has 18 heavy (non-hydrogen) atoms. The molecule has 1 saturated heterocycles. The Kier molecular flexibility index (Phi) is 3.89. The Morgan fingerprint density at radius 1 is 1.33 bits per heavy atom. The van der Waals surface area contributed by atoms with Crippen molar-refractivity contribution in [3.8, 4) is 5.75 Å². The highest BCUT2D eigenvalue weighted by atomic mass is 32.2. The summed E-state index contributed by atoms with van der Waals surface area (Å²) in [4.78, 5) is 0.266. The highest BCUT2D eigenvalue weighted by Gasteiger charge is 2.36. The van der Waals surface area contributed by atoms with E-state index in [-0.39, 0.29) is 17.4 Å². The number of aliphatic hydroxyl groups is 1. The minimum Gasteiger partial charge on any atom is -0.494 e. The van der Waals surface area contributed by atoms with Gasteiger partial charge in [-0.05, 0) is 31.2 Å². The minimum atomic E-state index is -3.41. The van der Waals surface area contributed by atoms with Crippen LogP contribution in [0.1, 0.15) is 6.92 Å². The van der Waals surface area contributed by atoms with Gasteiger partial charge in [0.25, 0.3) is 0 Å². The minimum absolute atomic E-state index is 0.0370. The van der Waals surface area contributed by atoms with Crippen LogP contribution in [0.5, 0.6) is 5.75 Å². The predicted molar refractivity (Wildman–Crippen MR) is 66.9 cm³/mol. The van der Waals surface area contributed by atoms with Crippen molar-refractivity contribution in [1.82, 2.24) is 4.31 Å². The highest BCUT2D eigenvalue weighted by molar-refractivity contribution is 7.89. The van der Waals surface area contributed by atoms with Gasteiger partial charge in [0.05, 0.1) is 11.5 Å². The lowest BCUT2D eigenvalue weighted by Gasteiger charge is -2.36. The average Bonchev–Trinajstić information content (AvgIpc) is 2.28. The van der Waals surface area contributed by atoms with Crippen LogP contribution in [0.4, 0.5) is 0 Å². The van der Waals surface area contributed by atoms with Crippen LogP contribution in [-0.4, -0.2) is 44.1 Å². The summed E-state index contributed by atoms with van der Waals surface area (Å²) in [6, 6.07) is 6.40. The van der Waals surface area contributed by atoms with Crippen molar-refractivity contribution in [3.05, 3.63) is 24.3 Å². The molecule has 6 heteroatoms. The fourth-order valence-corrected chi connectivity index (χ4v) is 3.45. The molecule has 1 aromatic carbocycles. The molecule has 0 unspecified atom stereocenters. The molecule has 1 heterocycles. The van der Waals surface area contributed by atoms with Crippen LogP contribution in [0.2, 0.25) is 0 Å². The first kappa shape index (κ1) is 13.3. The average molecular weight is 271 g/mol. The van der Waals surface area contributed by atoms with Crippen LogP contribution in [0, 0.1) is 5.92 Å². The summed E-state index contributed by atoms with van der Waals surface area (Å²) >= 11 is 0. The molecular weight excluding hydrogens is 254 g/mol. The van der Waals surface area contributed by atoms with Crippen molar-refractivity contribution >= 4 is 10.0 Å². The van der Waals surface area contributed by atoms with Gasteiger partial charge >= 0.3 is 0 Å². The molecule has 0 spiro atoms. The van der Waals surface area contributed by atoms with Crippen LogP contribution in [0.3, 0.4) is 0 Å². The van der Waals surface area contributed by atoms with Crippen LogP contribution < -0.4 is 4.74 Å². The third-order valence-electron chi connectivity index (χ3n) is 2.95. The molecule has 0 saturated carbocycles. The maximum absolute atomic E-state index is 12.1. The third kappa shape index (κ3) is 2.50. The zero-order chi connectivity index (χ0) is 13.2. The quantitative estimate of drug-likeness (QED) is 0.856. The predicted octanol–water partition coefficient (Wildman–Crippen LogP) is 0.698. The maximum atomic E-state index is 12.1. The number of aliphatic hydroxyl groups excluding tert-OH is 1. The van der Waals surface area contributed by atoms with Crippen LogP contribution in [-0.2, 0) is 10.0 Å². The lowest BCUT2D eigenvalue weighted by Crippen LogP contribution is -2.51. The summed E-state index contributed by atoms with van der Waals surface area (Å²) in [5, 5.41) is 8.90. The summed E-state index contributed by atoms with van der Waals surface area (Å²) in [6.45, 7) is 3.25. The molecule has 0 amide bonds. The van der Waals surface area contributed by atoms with Crippen molar-refractivity contribution in [3.63, 3.8) is 0 Å². The summed E-state index contributed by atoms with van der Waals surface area (Å²) in [7, 11) is -3.41. The van der Waals surface area contributed by atoms with E-state index in [0.29, 0.717) is 25.4 Å². The fraction of sp³-hybridized carbons (Fsp3) is 0.500. The Morgan fingerprint density at radius 2 is 1.94 bits per heavy atom. The second kappa shape index (κ2) is 5.26. The number of ether oxygens (including phenoxy) is 1. The van der Waals surface area contributed by atoms with E-state index in [9.17, 15) is 8.42 Å². The zero-order valence-electron chi connectivity index (χ0n) is 10.2. The van der Waals surface area contributed by atoms with Gasteiger partial charge in [-0.3, -0.25) is 0 Å². The number of rotatable bonds is 5. The van der Waals surface area contributed by atoms with Crippen molar-refractivity contribution in [1.29, 1.82) is 0 Å². The van der Waals surface area contributed by atoms with Crippen molar-refractivity contribution in [2.75, 3.05) is 26.3 Å². The van der Waals surface area contributed by atoms with Gasteiger partial charge in [0.1, 0.15) is 5.75 Å². The third-order valence-corrected chi connectivity index (χ3v) is 4.80. The summed E-state index contributed by atoms with van der Waals surface area (Å²) in [5.74, 6) is 0.732. The first-order chi connectivity index (χ1) is 8.57. The second-order valence-corrected chi connectivity index (χ2v) is 6.21. The van der Waals surface area contributed by atoms with E-state index in [1.807, 2.05) is 6.92 Å². The highest BCUT2D eigenvalue weighted by Crippen LogP contribution is 2.25. The summed E-state index contributed by atoms with van der Waals surface area (Å²) < 4.78 is 30.9. The van der Waals surface area contributed by atoms with E-state index in [1.54, 1.807) is 24.3 Å². The van der Waals surface area contributed by atoms with Gasteiger partial charge in [-0.15, -0.1) is 0 Å². The normalized spacial score (nSPS) is 17.4. The Labute approximate surface area is 107 Å². The molecule has 0 atom stereocenters. The molecule has 1 aliphatic heterocycles. The van der Waals surface area contributed by atoms with Crippen molar-refractivity contribution in [2.45, 2.75) is 11.8 Å². The smallest absolute Gasteiger partial charge is 0.243 e. The maximum Gasteiger partial charge on any atom is 0.243 e. The van der Waals surface area contributed by atoms with Crippen LogP contribution in [0.15, 0.2) is 29.2 Å². The fourth-order valence-electron chi connectivity index (χ4n) is 1.86. The van der Waals surface area contributed by atoms with Crippen LogP contribution in [0.25, 0.3) is 0 Å². The molecule has 0 aliphatic carbocycles. The Balaban J connectivity index is 2.11. The van der Waals surface area contributed by atoms with Gasteiger partial charge < -0.3 is 9.84 Å². The van der Waals surface area contributed by atoms with E-state index >= 15 is 0 Å². The zero-order valence-corrected chi connectivity index (χ0v) is 11.1. The number of hydrogen-bond donors (Lipinski definition) is 1. The second-order valence-electron chi connectivity index (χ2n) is 4.28. The first-order valence-electron chi connectivity index (χ1n) is 5.91. The van der Waals surface area contributed by atoms with E-state index in [0.717, 1.165) is 0 Å². The Morgan fingerprint density at radius 3 is 2.44 bits per heavy atom. The van der Waals surface area contributed by atoms with Gasteiger partial charge in [-0.2, -0.15) is 4.31 Å². The molecule has 1 fully saturated rings. The van der Waals surface area contributed by atoms with Crippen molar-refractivity contribution < 1.29 is 18.3 Å². The monoisotopic (exact) mass is 271 g/mol. The van der Waals surface area contributed by atoms with Gasteiger partial charge in [-0.25, -0.2) is 8.42 Å². The lowest BCUT2D eigenvalue weighted by atomic mass is 10.1. The Bertz CT molecular complexity index is 491. The van der Waals surface area contributed by atoms with E-state index < -0.39 is 10.0 Å². The van der Waals surface area contributed by atoms with Crippen molar-refractivity contribution in [2.24, 2.45) is 5.92 Å². The standard InChI is InChI=1S/C12H17NO4S/c1-2-17-11-3-5-12(6-4-11)18(15,16)13-7-10(8-13)9-14/h3-6,10,14H,2,7-9H2,1H3. The van der Waals surface area contributed by atoms with E-state index in [4.69, 9.17) is 9.84 Å². The van der Waals surface area contributed by atoms with Gasteiger partial charge in [0.2, 0.25) is 10.0 Å². The van der Waals surface area contributed by atoms with E-state index in [1.165, 1.54) is 4.31 Å². The van der Waals surface area contributed by atoms with Gasteiger partial charge in [-0.1, -0.05) is 0 Å². The molecule has 100 valence electrons. The van der Waals surface area contributed by atoms with Crippen LogP contribution >= 0.6 is 0 Å². The molecule has 1 N–H and O–H groups in total. The Hall–Kier alpha value is -1.11. The lowest BCUT2D eigenvalue weighted by molar-refractivity contribution is 0.117. The molecule has 1 aromatic rings. The topological polar surface area (TPSA) is 66.8 Å². The molecule has 1 aliphatic rings. The van der Waals surface area contributed by atoms with Gasteiger partial charge in [0.15, 0.2) is 0 Å². The molecular formula is C12H17NO4S. The van der Waals surface area contributed by atoms with E-state index in [2.05, 4.69) is 0 Å².